The van der Waals surface area contributed by atoms with Crippen molar-refractivity contribution in [3.8, 4) is 33.6 Å². The van der Waals surface area contributed by atoms with Crippen LogP contribution in [-0.2, 0) is 26.5 Å². The summed E-state index contributed by atoms with van der Waals surface area (Å²) in [4.78, 5) is 13.6. The molecule has 4 aromatic heterocycles. The number of fused-ring (bicyclic) bond motifs is 5. The molecule has 0 saturated heterocycles. The maximum absolute atomic E-state index is 6.45. The average molecular weight is 844 g/mol. The molecule has 0 unspecified atom stereocenters. The topological polar surface area (TPSA) is 51.8 Å². The molecule has 0 aliphatic carbocycles. The predicted molar refractivity (Wildman–Crippen MR) is 207 cm³/mol. The quantitative estimate of drug-likeness (QED) is 0.166. The van der Waals surface area contributed by atoms with Gasteiger partial charge in [-0.15, -0.1) is 47.5 Å². The van der Waals surface area contributed by atoms with Gasteiger partial charge in [-0.1, -0.05) is 110 Å². The molecule has 5 heteroatoms. The van der Waals surface area contributed by atoms with Gasteiger partial charge in [0, 0.05) is 60.5 Å². The molecule has 0 amide bonds. The van der Waals surface area contributed by atoms with Crippen LogP contribution in [0.2, 0.25) is 0 Å². The van der Waals surface area contributed by atoms with Crippen LogP contribution < -0.4 is 0 Å². The van der Waals surface area contributed by atoms with Crippen molar-refractivity contribution in [2.75, 3.05) is 0 Å². The van der Waals surface area contributed by atoms with Crippen molar-refractivity contribution in [1.29, 1.82) is 0 Å². The molecule has 0 bridgehead atoms. The molecule has 0 aliphatic rings. The SMILES string of the molecule is Cc1cnc(-c2[c-]cc(C)c(-c3ccccc3)c2)cc1C.Cc1nccc2c1ccc1c3cc[c-]c(-c4cc(CC(C)(C)C)ccn4)c3oc21.[Ir]. The molecule has 1 radical (unpaired) electrons. The number of aromatic nitrogens is 3. The Morgan fingerprint density at radius 2 is 1.37 bits per heavy atom. The third kappa shape index (κ3) is 7.56. The summed E-state index contributed by atoms with van der Waals surface area (Å²) in [5.41, 5.74) is 14.3. The van der Waals surface area contributed by atoms with Crippen molar-refractivity contribution in [2.45, 2.75) is 54.9 Å². The molecule has 8 rings (SSSR count). The first-order valence-electron chi connectivity index (χ1n) is 17.1. The number of nitrogens with zero attached hydrogens (tertiary/aromatic N) is 3. The molecule has 51 heavy (non-hydrogen) atoms. The van der Waals surface area contributed by atoms with Crippen molar-refractivity contribution < 1.29 is 24.5 Å². The fourth-order valence-corrected chi connectivity index (χ4v) is 6.54. The Morgan fingerprint density at radius 3 is 2.14 bits per heavy atom. The fraction of sp³-hybridized carbons (Fsp3) is 0.196. The van der Waals surface area contributed by atoms with E-state index in [1.165, 1.54) is 33.4 Å². The first-order valence-corrected chi connectivity index (χ1v) is 17.1. The van der Waals surface area contributed by atoms with Gasteiger partial charge in [-0.3, -0.25) is 4.98 Å². The van der Waals surface area contributed by atoms with E-state index in [1.807, 2.05) is 43.7 Å². The minimum Gasteiger partial charge on any atom is -0.500 e. The average Bonchev–Trinajstić information content (AvgIpc) is 3.50. The minimum atomic E-state index is 0. The number of hydrogen-bond donors (Lipinski definition) is 0. The number of rotatable bonds is 4. The third-order valence-electron chi connectivity index (χ3n) is 9.24. The van der Waals surface area contributed by atoms with E-state index in [-0.39, 0.29) is 25.5 Å². The van der Waals surface area contributed by atoms with Crippen LogP contribution in [0.5, 0.6) is 0 Å². The van der Waals surface area contributed by atoms with Gasteiger partial charge in [0.15, 0.2) is 0 Å². The van der Waals surface area contributed by atoms with E-state index in [0.29, 0.717) is 0 Å². The number of hydrogen-bond acceptors (Lipinski definition) is 4. The van der Waals surface area contributed by atoms with E-state index in [4.69, 9.17) is 4.42 Å². The first kappa shape index (κ1) is 35.9. The molecule has 4 nitrogen and oxygen atoms in total. The van der Waals surface area contributed by atoms with Crippen molar-refractivity contribution in [1.82, 2.24) is 15.0 Å². The van der Waals surface area contributed by atoms with Crippen LogP contribution in [-0.4, -0.2) is 15.0 Å². The van der Waals surface area contributed by atoms with Crippen molar-refractivity contribution in [3.05, 3.63) is 150 Å². The summed E-state index contributed by atoms with van der Waals surface area (Å²) >= 11 is 0. The zero-order chi connectivity index (χ0) is 35.0. The molecule has 0 aliphatic heterocycles. The van der Waals surface area contributed by atoms with Gasteiger partial charge >= 0.3 is 0 Å². The largest absolute Gasteiger partial charge is 0.500 e. The van der Waals surface area contributed by atoms with Gasteiger partial charge in [0.1, 0.15) is 5.58 Å². The van der Waals surface area contributed by atoms with Crippen LogP contribution in [0.4, 0.5) is 0 Å². The van der Waals surface area contributed by atoms with E-state index in [9.17, 15) is 0 Å². The molecule has 0 atom stereocenters. The number of pyridine rings is 3. The van der Waals surface area contributed by atoms with Gasteiger partial charge in [0.25, 0.3) is 0 Å². The van der Waals surface area contributed by atoms with Crippen LogP contribution in [0.25, 0.3) is 66.4 Å². The van der Waals surface area contributed by atoms with Gasteiger partial charge in [0.05, 0.1) is 5.58 Å². The number of benzene rings is 4. The molecule has 0 N–H and O–H groups in total. The summed E-state index contributed by atoms with van der Waals surface area (Å²) in [5.74, 6) is 0. The Hall–Kier alpha value is -4.96. The smallest absolute Gasteiger partial charge is 0.128 e. The van der Waals surface area contributed by atoms with Crippen molar-refractivity contribution in [2.24, 2.45) is 5.41 Å². The van der Waals surface area contributed by atoms with E-state index in [2.05, 4.69) is 141 Å². The van der Waals surface area contributed by atoms with Crippen molar-refractivity contribution in [3.63, 3.8) is 0 Å². The normalized spacial score (nSPS) is 11.4. The maximum Gasteiger partial charge on any atom is 0.128 e. The van der Waals surface area contributed by atoms with E-state index < -0.39 is 0 Å². The molecule has 4 heterocycles. The Kier molecular flexibility index (Phi) is 10.3. The molecule has 0 spiro atoms. The van der Waals surface area contributed by atoms with Crippen LogP contribution in [0.3, 0.4) is 0 Å². The zero-order valence-electron chi connectivity index (χ0n) is 30.2. The molecule has 8 aromatic rings. The minimum absolute atomic E-state index is 0. The maximum atomic E-state index is 6.45. The summed E-state index contributed by atoms with van der Waals surface area (Å²) in [7, 11) is 0. The van der Waals surface area contributed by atoms with Gasteiger partial charge in [-0.05, 0) is 67.3 Å². The second kappa shape index (κ2) is 14.7. The molecule has 0 fully saturated rings. The second-order valence-electron chi connectivity index (χ2n) is 14.4. The molecule has 257 valence electrons. The number of aryl methyl sites for hydroxylation is 4. The van der Waals surface area contributed by atoms with Crippen LogP contribution in [0.15, 0.2) is 114 Å². The van der Waals surface area contributed by atoms with E-state index in [0.717, 1.165) is 67.3 Å². The van der Waals surface area contributed by atoms with Gasteiger partial charge in [-0.2, -0.15) is 0 Å². The fourth-order valence-electron chi connectivity index (χ4n) is 6.54. The molecular weight excluding hydrogens is 803 g/mol. The summed E-state index contributed by atoms with van der Waals surface area (Å²) in [6, 6.07) is 38.1. The Bertz CT molecular complexity index is 2490. The summed E-state index contributed by atoms with van der Waals surface area (Å²) in [6.07, 6.45) is 6.65. The monoisotopic (exact) mass is 844 g/mol. The Morgan fingerprint density at radius 1 is 0.647 bits per heavy atom. The van der Waals surface area contributed by atoms with Crippen LogP contribution >= 0.6 is 0 Å². The van der Waals surface area contributed by atoms with Crippen LogP contribution in [0.1, 0.15) is 48.7 Å². The Balaban J connectivity index is 0.000000181. The number of furan rings is 1. The molecular formula is C46H41IrN3O-2. The third-order valence-corrected chi connectivity index (χ3v) is 9.24. The summed E-state index contributed by atoms with van der Waals surface area (Å²) in [5, 5.41) is 4.41. The standard InChI is InChI=1S/C26H23N2O.C20H18N.Ir/c1-16-18-8-9-20-19-6-5-7-22(25(19)29-24(20)21(18)11-13-27-16)23-14-17(10-12-28-23)15-26(2,3)4;1-14-9-10-18(20-11-15(2)16(3)13-21-20)12-19(14)17-7-5-4-6-8-17;/h5-6,8-14H,15H2,1-4H3;4-9,11-13H,1-3H3;/q2*-1;. The molecule has 0 saturated carbocycles. The Labute approximate surface area is 314 Å². The zero-order valence-corrected chi connectivity index (χ0v) is 32.6. The van der Waals surface area contributed by atoms with Crippen molar-refractivity contribution >= 4 is 32.7 Å². The predicted octanol–water partition coefficient (Wildman–Crippen LogP) is 12.0. The molecule has 4 aromatic carbocycles. The summed E-state index contributed by atoms with van der Waals surface area (Å²) < 4.78 is 6.45. The van der Waals surface area contributed by atoms with E-state index >= 15 is 0 Å². The second-order valence-corrected chi connectivity index (χ2v) is 14.4. The van der Waals surface area contributed by atoms with Gasteiger partial charge in [0.2, 0.25) is 0 Å². The summed E-state index contributed by atoms with van der Waals surface area (Å²) in [6.45, 7) is 15.1. The van der Waals surface area contributed by atoms with E-state index in [1.54, 1.807) is 0 Å². The van der Waals surface area contributed by atoms with Gasteiger partial charge in [-0.25, -0.2) is 0 Å². The first-order chi connectivity index (χ1) is 24.1. The van der Waals surface area contributed by atoms with Gasteiger partial charge < -0.3 is 14.4 Å². The van der Waals surface area contributed by atoms with Crippen LogP contribution in [0, 0.1) is 45.2 Å².